The molecule has 0 aromatic rings. The van der Waals surface area contributed by atoms with Gasteiger partial charge in [0.1, 0.15) is 6.04 Å². The molecule has 1 saturated heterocycles. The van der Waals surface area contributed by atoms with Crippen molar-refractivity contribution in [1.29, 1.82) is 0 Å². The minimum absolute atomic E-state index is 0.171. The Labute approximate surface area is 127 Å². The first-order chi connectivity index (χ1) is 9.69. The van der Waals surface area contributed by atoms with Gasteiger partial charge in [0.15, 0.2) is 0 Å². The Bertz CT molecular complexity index is 382. The SMILES string of the molecule is CCC1CCN(C(=O)NCC(C)(C)N(C)C)C(C(=O)O)C1. The van der Waals surface area contributed by atoms with Crippen LogP contribution in [0.3, 0.4) is 0 Å². The molecule has 0 aliphatic carbocycles. The van der Waals surface area contributed by atoms with E-state index in [-0.39, 0.29) is 11.6 Å². The summed E-state index contributed by atoms with van der Waals surface area (Å²) in [4.78, 5) is 27.2. The van der Waals surface area contributed by atoms with Crippen LogP contribution >= 0.6 is 0 Å². The molecule has 0 spiro atoms. The molecule has 1 heterocycles. The molecule has 1 aliphatic heterocycles. The molecular weight excluding hydrogens is 270 g/mol. The second-order valence-corrected chi connectivity index (χ2v) is 6.71. The largest absolute Gasteiger partial charge is 0.480 e. The lowest BCUT2D eigenvalue weighted by Gasteiger charge is -2.38. The van der Waals surface area contributed by atoms with E-state index in [2.05, 4.69) is 12.2 Å². The van der Waals surface area contributed by atoms with E-state index in [4.69, 9.17) is 0 Å². The molecule has 2 N–H and O–H groups in total. The van der Waals surface area contributed by atoms with Gasteiger partial charge in [-0.1, -0.05) is 13.3 Å². The van der Waals surface area contributed by atoms with Gasteiger partial charge in [-0.2, -0.15) is 0 Å². The van der Waals surface area contributed by atoms with Gasteiger partial charge in [0.25, 0.3) is 0 Å². The van der Waals surface area contributed by atoms with E-state index in [9.17, 15) is 14.7 Å². The number of carboxylic acid groups (broad SMARTS) is 1. The van der Waals surface area contributed by atoms with Crippen molar-refractivity contribution >= 4 is 12.0 Å². The monoisotopic (exact) mass is 299 g/mol. The number of likely N-dealkylation sites (tertiary alicyclic amines) is 1. The number of amides is 2. The van der Waals surface area contributed by atoms with Crippen LogP contribution in [0.5, 0.6) is 0 Å². The zero-order valence-corrected chi connectivity index (χ0v) is 13.8. The van der Waals surface area contributed by atoms with Gasteiger partial charge in [-0.15, -0.1) is 0 Å². The first-order valence-electron chi connectivity index (χ1n) is 7.63. The summed E-state index contributed by atoms with van der Waals surface area (Å²) in [5.74, 6) is -0.511. The first kappa shape index (κ1) is 17.8. The van der Waals surface area contributed by atoms with Crippen LogP contribution < -0.4 is 5.32 Å². The molecular formula is C15H29N3O3. The highest BCUT2D eigenvalue weighted by molar-refractivity contribution is 5.83. The van der Waals surface area contributed by atoms with Crippen LogP contribution in [-0.2, 0) is 4.79 Å². The molecule has 0 bridgehead atoms. The van der Waals surface area contributed by atoms with Crippen molar-refractivity contribution in [2.45, 2.75) is 51.6 Å². The number of carboxylic acids is 1. The van der Waals surface area contributed by atoms with Gasteiger partial charge >= 0.3 is 12.0 Å². The number of carbonyl (C=O) groups is 2. The summed E-state index contributed by atoms with van der Waals surface area (Å²) in [6, 6.07) is -0.974. The minimum atomic E-state index is -0.907. The van der Waals surface area contributed by atoms with Gasteiger partial charge in [-0.05, 0) is 46.7 Å². The maximum absolute atomic E-state index is 12.3. The number of nitrogens with zero attached hydrogens (tertiary/aromatic N) is 2. The van der Waals surface area contributed by atoms with Crippen molar-refractivity contribution in [3.8, 4) is 0 Å². The summed E-state index contributed by atoms with van der Waals surface area (Å²) < 4.78 is 0. The molecule has 2 unspecified atom stereocenters. The fourth-order valence-electron chi connectivity index (χ4n) is 2.44. The van der Waals surface area contributed by atoms with Crippen LogP contribution in [0.1, 0.15) is 40.0 Å². The Morgan fingerprint density at radius 2 is 2.00 bits per heavy atom. The van der Waals surface area contributed by atoms with Crippen molar-refractivity contribution in [1.82, 2.24) is 15.1 Å². The van der Waals surface area contributed by atoms with Crippen LogP contribution in [0.15, 0.2) is 0 Å². The molecule has 6 nitrogen and oxygen atoms in total. The maximum Gasteiger partial charge on any atom is 0.326 e. The van der Waals surface area contributed by atoms with E-state index < -0.39 is 12.0 Å². The summed E-state index contributed by atoms with van der Waals surface area (Å²) in [5.41, 5.74) is -0.171. The van der Waals surface area contributed by atoms with E-state index in [0.29, 0.717) is 25.4 Å². The third-order valence-corrected chi connectivity index (χ3v) is 4.72. The molecule has 1 aliphatic rings. The van der Waals surface area contributed by atoms with Gasteiger partial charge in [0, 0.05) is 18.6 Å². The minimum Gasteiger partial charge on any atom is -0.480 e. The van der Waals surface area contributed by atoms with Crippen molar-refractivity contribution in [3.63, 3.8) is 0 Å². The quantitative estimate of drug-likeness (QED) is 0.809. The zero-order chi connectivity index (χ0) is 16.2. The molecule has 2 atom stereocenters. The highest BCUT2D eigenvalue weighted by Crippen LogP contribution is 2.25. The standard InChI is InChI=1S/C15H29N3O3/c1-6-11-7-8-18(12(9-11)13(19)20)14(21)16-10-15(2,3)17(4)5/h11-12H,6-10H2,1-5H3,(H,16,21)(H,19,20). The summed E-state index contributed by atoms with van der Waals surface area (Å²) in [7, 11) is 3.91. The third kappa shape index (κ3) is 4.59. The van der Waals surface area contributed by atoms with E-state index in [1.807, 2.05) is 32.8 Å². The summed E-state index contributed by atoms with van der Waals surface area (Å²) in [6.45, 7) is 7.14. The highest BCUT2D eigenvalue weighted by atomic mass is 16.4. The fraction of sp³-hybridized carbons (Fsp3) is 0.867. The molecule has 122 valence electrons. The molecule has 6 heteroatoms. The number of carbonyl (C=O) groups excluding carboxylic acids is 1. The van der Waals surface area contributed by atoms with E-state index in [1.54, 1.807) is 0 Å². The number of likely N-dealkylation sites (N-methyl/N-ethyl adjacent to an activating group) is 1. The molecule has 0 aromatic carbocycles. The molecule has 0 aromatic heterocycles. The van der Waals surface area contributed by atoms with Crippen LogP contribution in [0.25, 0.3) is 0 Å². The topological polar surface area (TPSA) is 72.9 Å². The Morgan fingerprint density at radius 3 is 2.48 bits per heavy atom. The second kappa shape index (κ2) is 7.11. The zero-order valence-electron chi connectivity index (χ0n) is 13.8. The van der Waals surface area contributed by atoms with Crippen LogP contribution in [0, 0.1) is 5.92 Å². The van der Waals surface area contributed by atoms with Crippen LogP contribution in [-0.4, -0.2) is 65.7 Å². The lowest BCUT2D eigenvalue weighted by Crippen LogP contribution is -2.56. The lowest BCUT2D eigenvalue weighted by atomic mass is 9.89. The highest BCUT2D eigenvalue weighted by Gasteiger charge is 2.36. The van der Waals surface area contributed by atoms with Crippen molar-refractivity contribution in [3.05, 3.63) is 0 Å². The Balaban J connectivity index is 2.65. The Morgan fingerprint density at radius 1 is 1.38 bits per heavy atom. The third-order valence-electron chi connectivity index (χ3n) is 4.72. The van der Waals surface area contributed by atoms with Crippen molar-refractivity contribution in [2.24, 2.45) is 5.92 Å². The van der Waals surface area contributed by atoms with Gasteiger partial charge in [0.05, 0.1) is 0 Å². The number of nitrogens with one attached hydrogen (secondary N) is 1. The predicted octanol–water partition coefficient (Wildman–Crippen LogP) is 1.61. The maximum atomic E-state index is 12.3. The van der Waals surface area contributed by atoms with E-state index in [1.165, 1.54) is 4.90 Å². The number of urea groups is 1. The average molecular weight is 299 g/mol. The number of piperidine rings is 1. The molecule has 1 fully saturated rings. The smallest absolute Gasteiger partial charge is 0.326 e. The molecule has 21 heavy (non-hydrogen) atoms. The van der Waals surface area contributed by atoms with E-state index in [0.717, 1.165) is 12.8 Å². The van der Waals surface area contributed by atoms with E-state index >= 15 is 0 Å². The van der Waals surface area contributed by atoms with Gasteiger partial charge < -0.3 is 20.2 Å². The summed E-state index contributed by atoms with van der Waals surface area (Å²) >= 11 is 0. The second-order valence-electron chi connectivity index (χ2n) is 6.71. The average Bonchev–Trinajstić information content (AvgIpc) is 2.43. The molecule has 0 radical (unpaired) electrons. The van der Waals surface area contributed by atoms with Gasteiger partial charge in [0.2, 0.25) is 0 Å². The predicted molar refractivity (Wildman–Crippen MR) is 82.3 cm³/mol. The number of hydrogen-bond acceptors (Lipinski definition) is 3. The molecule has 0 saturated carbocycles. The molecule has 1 rings (SSSR count). The van der Waals surface area contributed by atoms with Crippen molar-refractivity contribution in [2.75, 3.05) is 27.2 Å². The Hall–Kier alpha value is -1.30. The van der Waals surface area contributed by atoms with Crippen LogP contribution in [0.4, 0.5) is 4.79 Å². The normalized spacial score (nSPS) is 23.2. The summed E-state index contributed by atoms with van der Waals surface area (Å²) in [6.07, 6.45) is 2.40. The first-order valence-corrected chi connectivity index (χ1v) is 7.63. The summed E-state index contributed by atoms with van der Waals surface area (Å²) in [5, 5.41) is 12.2. The van der Waals surface area contributed by atoms with Crippen LogP contribution in [0.2, 0.25) is 0 Å². The fourth-order valence-corrected chi connectivity index (χ4v) is 2.44. The number of aliphatic carboxylic acids is 1. The Kier molecular flexibility index (Phi) is 6.01. The van der Waals surface area contributed by atoms with Gasteiger partial charge in [-0.25, -0.2) is 9.59 Å². The number of rotatable bonds is 5. The van der Waals surface area contributed by atoms with Gasteiger partial charge in [-0.3, -0.25) is 0 Å². The number of hydrogen-bond donors (Lipinski definition) is 2. The lowest BCUT2D eigenvalue weighted by molar-refractivity contribution is -0.144. The van der Waals surface area contributed by atoms with Crippen molar-refractivity contribution < 1.29 is 14.7 Å². The molecule has 2 amide bonds.